The predicted octanol–water partition coefficient (Wildman–Crippen LogP) is 0.598. The number of amides is 1. The summed E-state index contributed by atoms with van der Waals surface area (Å²) in [5.41, 5.74) is -0.138. The molecule has 3 aromatic rings. The van der Waals surface area contributed by atoms with Crippen molar-refractivity contribution in [2.45, 2.75) is 31.7 Å². The van der Waals surface area contributed by atoms with Crippen LogP contribution in [-0.2, 0) is 11.3 Å². The van der Waals surface area contributed by atoms with Crippen LogP contribution in [0, 0.1) is 0 Å². The van der Waals surface area contributed by atoms with Crippen LogP contribution in [0.5, 0.6) is 0 Å². The summed E-state index contributed by atoms with van der Waals surface area (Å²) in [7, 11) is 0. The first-order valence-corrected chi connectivity index (χ1v) is 10.7. The number of H-pyrrole nitrogens is 1. The fourth-order valence-electron chi connectivity index (χ4n) is 3.73. The second-order valence-electron chi connectivity index (χ2n) is 8.06. The minimum atomic E-state index is -0.505. The lowest BCUT2D eigenvalue weighted by Gasteiger charge is -2.35. The van der Waals surface area contributed by atoms with E-state index in [1.165, 1.54) is 16.8 Å². The van der Waals surface area contributed by atoms with E-state index < -0.39 is 11.2 Å². The average molecular weight is 437 g/mol. The van der Waals surface area contributed by atoms with Crippen molar-refractivity contribution in [2.24, 2.45) is 0 Å². The molecule has 11 heteroatoms. The number of aromatic amines is 1. The fourth-order valence-corrected chi connectivity index (χ4v) is 3.73. The van der Waals surface area contributed by atoms with E-state index in [4.69, 9.17) is 4.52 Å². The lowest BCUT2D eigenvalue weighted by molar-refractivity contribution is -0.131. The molecule has 1 saturated carbocycles. The first kappa shape index (κ1) is 20.2. The van der Waals surface area contributed by atoms with Gasteiger partial charge in [0.1, 0.15) is 5.82 Å². The SMILES string of the molecule is O=C(CCn1ccc(=O)[nH]c1=O)N1CCN(c2ccc(-c3noc(C4CC4)n3)cn2)CC1. The van der Waals surface area contributed by atoms with Crippen LogP contribution in [0.15, 0.2) is 44.7 Å². The van der Waals surface area contributed by atoms with Crippen LogP contribution < -0.4 is 16.1 Å². The molecular weight excluding hydrogens is 414 g/mol. The smallest absolute Gasteiger partial charge is 0.328 e. The number of carbonyl (C=O) groups excluding carboxylic acids is 1. The van der Waals surface area contributed by atoms with Crippen LogP contribution in [0.2, 0.25) is 0 Å². The van der Waals surface area contributed by atoms with Crippen LogP contribution in [0.4, 0.5) is 5.82 Å². The van der Waals surface area contributed by atoms with Gasteiger partial charge >= 0.3 is 5.69 Å². The third-order valence-corrected chi connectivity index (χ3v) is 5.79. The van der Waals surface area contributed by atoms with Gasteiger partial charge < -0.3 is 18.9 Å². The first-order valence-electron chi connectivity index (χ1n) is 10.7. The molecule has 166 valence electrons. The molecule has 0 unspecified atom stereocenters. The molecule has 2 fully saturated rings. The van der Waals surface area contributed by atoms with E-state index in [0.717, 1.165) is 24.2 Å². The molecule has 4 heterocycles. The highest BCUT2D eigenvalue weighted by atomic mass is 16.5. The van der Waals surface area contributed by atoms with Gasteiger partial charge in [0.15, 0.2) is 0 Å². The second-order valence-corrected chi connectivity index (χ2v) is 8.06. The summed E-state index contributed by atoms with van der Waals surface area (Å²) in [5.74, 6) is 2.50. The number of piperazine rings is 1. The van der Waals surface area contributed by atoms with E-state index in [0.29, 0.717) is 43.8 Å². The molecule has 2 aliphatic rings. The third-order valence-electron chi connectivity index (χ3n) is 5.79. The highest BCUT2D eigenvalue weighted by Crippen LogP contribution is 2.39. The molecule has 1 amide bonds. The van der Waals surface area contributed by atoms with Crippen LogP contribution in [-0.4, -0.2) is 61.7 Å². The Hall–Kier alpha value is -3.76. The van der Waals surface area contributed by atoms with Crippen LogP contribution in [0.1, 0.15) is 31.1 Å². The maximum atomic E-state index is 12.5. The van der Waals surface area contributed by atoms with Crippen LogP contribution in [0.25, 0.3) is 11.4 Å². The van der Waals surface area contributed by atoms with Crippen molar-refractivity contribution in [1.82, 2.24) is 29.6 Å². The molecule has 1 N–H and O–H groups in total. The highest BCUT2D eigenvalue weighted by Gasteiger charge is 2.30. The maximum absolute atomic E-state index is 12.5. The maximum Gasteiger partial charge on any atom is 0.328 e. The molecule has 0 atom stereocenters. The fraction of sp³-hybridized carbons (Fsp3) is 0.429. The Kier molecular flexibility index (Phi) is 5.29. The first-order chi connectivity index (χ1) is 15.6. The zero-order valence-corrected chi connectivity index (χ0v) is 17.4. The molecule has 3 aromatic heterocycles. The third kappa shape index (κ3) is 4.32. The number of aromatic nitrogens is 5. The van der Waals surface area contributed by atoms with Crippen LogP contribution >= 0.6 is 0 Å². The lowest BCUT2D eigenvalue weighted by atomic mass is 10.2. The number of rotatable bonds is 6. The van der Waals surface area contributed by atoms with Gasteiger partial charge in [0.2, 0.25) is 17.6 Å². The van der Waals surface area contributed by atoms with Crippen molar-refractivity contribution in [2.75, 3.05) is 31.1 Å². The zero-order chi connectivity index (χ0) is 22.1. The number of aryl methyl sites for hydroxylation is 1. The average Bonchev–Trinajstić information content (AvgIpc) is 3.55. The minimum Gasteiger partial charge on any atom is -0.353 e. The molecule has 1 saturated heterocycles. The van der Waals surface area contributed by atoms with E-state index >= 15 is 0 Å². The Balaban J connectivity index is 1.14. The van der Waals surface area contributed by atoms with E-state index in [9.17, 15) is 14.4 Å². The summed E-state index contributed by atoms with van der Waals surface area (Å²) >= 11 is 0. The summed E-state index contributed by atoms with van der Waals surface area (Å²) in [6.07, 6.45) is 5.57. The zero-order valence-electron chi connectivity index (χ0n) is 17.4. The largest absolute Gasteiger partial charge is 0.353 e. The molecule has 32 heavy (non-hydrogen) atoms. The summed E-state index contributed by atoms with van der Waals surface area (Å²) in [4.78, 5) is 50.5. The Morgan fingerprint density at radius 1 is 1.12 bits per heavy atom. The van der Waals surface area contributed by atoms with Gasteiger partial charge in [-0.2, -0.15) is 4.98 Å². The van der Waals surface area contributed by atoms with Crippen molar-refractivity contribution < 1.29 is 9.32 Å². The van der Waals surface area contributed by atoms with E-state index in [-0.39, 0.29) is 18.9 Å². The van der Waals surface area contributed by atoms with Gasteiger partial charge in [-0.25, -0.2) is 9.78 Å². The summed E-state index contributed by atoms with van der Waals surface area (Å²) in [6.45, 7) is 2.74. The Bertz CT molecular complexity index is 1220. The summed E-state index contributed by atoms with van der Waals surface area (Å²) < 4.78 is 6.64. The van der Waals surface area contributed by atoms with Crippen molar-refractivity contribution in [3.05, 3.63) is 57.3 Å². The monoisotopic (exact) mass is 437 g/mol. The van der Waals surface area contributed by atoms with Crippen LogP contribution in [0.3, 0.4) is 0 Å². The molecule has 0 bridgehead atoms. The van der Waals surface area contributed by atoms with Crippen molar-refractivity contribution >= 4 is 11.7 Å². The Morgan fingerprint density at radius 3 is 2.62 bits per heavy atom. The van der Waals surface area contributed by atoms with Gasteiger partial charge in [0.25, 0.3) is 5.56 Å². The van der Waals surface area contributed by atoms with Gasteiger partial charge in [-0.15, -0.1) is 0 Å². The van der Waals surface area contributed by atoms with Gasteiger partial charge in [-0.1, -0.05) is 5.16 Å². The number of carbonyl (C=O) groups is 1. The number of pyridine rings is 1. The van der Waals surface area contributed by atoms with Gasteiger partial charge in [-0.3, -0.25) is 14.6 Å². The molecule has 5 rings (SSSR count). The number of nitrogens with one attached hydrogen (secondary N) is 1. The van der Waals surface area contributed by atoms with Gasteiger partial charge in [0, 0.05) is 69.1 Å². The standard InChI is InChI=1S/C21H23N7O4/c29-17-5-7-28(21(31)23-17)8-6-18(30)27-11-9-26(10-12-27)16-4-3-15(13-22-16)19-24-20(32-25-19)14-1-2-14/h3-5,7,13-14H,1-2,6,8-12H2,(H,23,29,31). The number of nitrogens with zero attached hydrogens (tertiary/aromatic N) is 6. The van der Waals surface area contributed by atoms with Gasteiger partial charge in [0.05, 0.1) is 0 Å². The molecule has 11 nitrogen and oxygen atoms in total. The van der Waals surface area contributed by atoms with E-state index in [2.05, 4.69) is 25.0 Å². The van der Waals surface area contributed by atoms with Crippen molar-refractivity contribution in [3.8, 4) is 11.4 Å². The number of hydrogen-bond donors (Lipinski definition) is 1. The molecule has 1 aliphatic carbocycles. The lowest BCUT2D eigenvalue weighted by Crippen LogP contribution is -2.49. The quantitative estimate of drug-likeness (QED) is 0.593. The summed E-state index contributed by atoms with van der Waals surface area (Å²) in [5, 5.41) is 4.05. The number of anilines is 1. The normalized spacial score (nSPS) is 16.4. The Morgan fingerprint density at radius 2 is 1.94 bits per heavy atom. The van der Waals surface area contributed by atoms with Gasteiger partial charge in [-0.05, 0) is 25.0 Å². The second kappa shape index (κ2) is 8.40. The Labute approximate surface area is 182 Å². The van der Waals surface area contributed by atoms with Crippen molar-refractivity contribution in [1.29, 1.82) is 0 Å². The summed E-state index contributed by atoms with van der Waals surface area (Å²) in [6, 6.07) is 5.14. The topological polar surface area (TPSA) is 130 Å². The van der Waals surface area contributed by atoms with E-state index in [1.54, 1.807) is 11.1 Å². The molecule has 0 radical (unpaired) electrons. The molecular formula is C21H23N7O4. The molecule has 0 aromatic carbocycles. The predicted molar refractivity (Wildman–Crippen MR) is 114 cm³/mol. The molecule has 1 aliphatic heterocycles. The highest BCUT2D eigenvalue weighted by molar-refractivity contribution is 5.76. The number of hydrogen-bond acceptors (Lipinski definition) is 8. The minimum absolute atomic E-state index is 0.0189. The molecule has 0 spiro atoms. The van der Waals surface area contributed by atoms with Crippen molar-refractivity contribution in [3.63, 3.8) is 0 Å². The van der Waals surface area contributed by atoms with E-state index in [1.807, 2.05) is 12.1 Å².